The molecule has 0 heterocycles. The van der Waals surface area contributed by atoms with Crippen molar-refractivity contribution in [2.75, 3.05) is 0 Å². The Morgan fingerprint density at radius 3 is 2.56 bits per heavy atom. The molecule has 1 aliphatic carbocycles. The Labute approximate surface area is 97.8 Å². The van der Waals surface area contributed by atoms with Crippen molar-refractivity contribution in [3.63, 3.8) is 0 Å². The highest BCUT2D eigenvalue weighted by Gasteiger charge is 2.29. The molecule has 0 unspecified atom stereocenters. The second-order valence-corrected chi connectivity index (χ2v) is 4.70. The van der Waals surface area contributed by atoms with E-state index in [2.05, 4.69) is 26.0 Å². The number of benzene rings is 1. The van der Waals surface area contributed by atoms with Crippen molar-refractivity contribution in [1.82, 2.24) is 0 Å². The van der Waals surface area contributed by atoms with Crippen LogP contribution in [-0.4, -0.2) is 11.2 Å². The Kier molecular flexibility index (Phi) is 3.45. The molecule has 16 heavy (non-hydrogen) atoms. The van der Waals surface area contributed by atoms with E-state index in [9.17, 15) is 5.11 Å². The number of rotatable bonds is 3. The zero-order chi connectivity index (χ0) is 11.5. The van der Waals surface area contributed by atoms with E-state index in [0.717, 1.165) is 6.42 Å². The first kappa shape index (κ1) is 11.4. The summed E-state index contributed by atoms with van der Waals surface area (Å²) in [6, 6.07) is 10.3. The zero-order valence-electron chi connectivity index (χ0n) is 10.1. The summed E-state index contributed by atoms with van der Waals surface area (Å²) < 4.78 is 0. The van der Waals surface area contributed by atoms with Crippen LogP contribution in [0.25, 0.3) is 5.57 Å². The molecule has 0 aromatic heterocycles. The van der Waals surface area contributed by atoms with Gasteiger partial charge in [0.2, 0.25) is 0 Å². The fraction of sp³-hybridized carbons (Fsp3) is 0.467. The van der Waals surface area contributed by atoms with Crippen LogP contribution in [0, 0.1) is 5.92 Å². The van der Waals surface area contributed by atoms with Crippen LogP contribution in [0.2, 0.25) is 0 Å². The number of aliphatic hydroxyl groups excluding tert-OH is 1. The molecule has 1 aromatic carbocycles. The molecule has 0 radical (unpaired) electrons. The number of hydrogen-bond acceptors (Lipinski definition) is 1. The molecule has 0 saturated heterocycles. The van der Waals surface area contributed by atoms with E-state index in [1.54, 1.807) is 0 Å². The molecule has 86 valence electrons. The predicted octanol–water partition coefficient (Wildman–Crippen LogP) is 3.64. The SMILES string of the molecule is CCC[C@H]1C[C@@H](O)C(c2ccccc2)=C1C. The molecule has 1 aliphatic rings. The molecule has 0 bridgehead atoms. The molecule has 1 nitrogen and oxygen atoms in total. The lowest BCUT2D eigenvalue weighted by atomic mass is 9.96. The van der Waals surface area contributed by atoms with Gasteiger partial charge in [0.05, 0.1) is 6.10 Å². The van der Waals surface area contributed by atoms with Crippen molar-refractivity contribution < 1.29 is 5.11 Å². The average molecular weight is 216 g/mol. The summed E-state index contributed by atoms with van der Waals surface area (Å²) in [5, 5.41) is 10.2. The Balaban J connectivity index is 2.32. The fourth-order valence-electron chi connectivity index (χ4n) is 2.77. The first-order chi connectivity index (χ1) is 7.74. The van der Waals surface area contributed by atoms with Gasteiger partial charge in [-0.25, -0.2) is 0 Å². The maximum absolute atomic E-state index is 10.2. The summed E-state index contributed by atoms with van der Waals surface area (Å²) in [6.45, 7) is 4.39. The lowest BCUT2D eigenvalue weighted by Gasteiger charge is -2.09. The van der Waals surface area contributed by atoms with Crippen LogP contribution in [0.5, 0.6) is 0 Å². The number of allylic oxidation sites excluding steroid dienone is 1. The van der Waals surface area contributed by atoms with Gasteiger partial charge in [0, 0.05) is 0 Å². The highest BCUT2D eigenvalue weighted by Crippen LogP contribution is 2.39. The standard InChI is InChI=1S/C15H20O/c1-3-7-13-10-14(16)15(11(13)2)12-8-5-4-6-9-12/h4-6,8-9,13-14,16H,3,7,10H2,1-2H3/t13-,14+/m0/s1. The van der Waals surface area contributed by atoms with Crippen LogP contribution >= 0.6 is 0 Å². The number of aliphatic hydroxyl groups is 1. The molecule has 2 rings (SSSR count). The van der Waals surface area contributed by atoms with Gasteiger partial charge in [-0.2, -0.15) is 0 Å². The molecule has 0 aliphatic heterocycles. The van der Waals surface area contributed by atoms with Crippen LogP contribution in [0.4, 0.5) is 0 Å². The van der Waals surface area contributed by atoms with Crippen molar-refractivity contribution in [1.29, 1.82) is 0 Å². The minimum atomic E-state index is -0.265. The van der Waals surface area contributed by atoms with Gasteiger partial charge >= 0.3 is 0 Å². The Bertz CT molecular complexity index is 378. The van der Waals surface area contributed by atoms with Crippen molar-refractivity contribution in [2.45, 2.75) is 39.2 Å². The highest BCUT2D eigenvalue weighted by molar-refractivity contribution is 5.73. The van der Waals surface area contributed by atoms with Crippen LogP contribution < -0.4 is 0 Å². The molecule has 1 N–H and O–H groups in total. The average Bonchev–Trinajstić information content (AvgIpc) is 2.56. The van der Waals surface area contributed by atoms with Gasteiger partial charge in [-0.3, -0.25) is 0 Å². The van der Waals surface area contributed by atoms with E-state index in [0.29, 0.717) is 5.92 Å². The predicted molar refractivity (Wildman–Crippen MR) is 68.1 cm³/mol. The fourth-order valence-corrected chi connectivity index (χ4v) is 2.77. The molecule has 1 aromatic rings. The van der Waals surface area contributed by atoms with Gasteiger partial charge in [0.15, 0.2) is 0 Å². The maximum Gasteiger partial charge on any atom is 0.0801 e. The van der Waals surface area contributed by atoms with Crippen molar-refractivity contribution in [2.24, 2.45) is 5.92 Å². The lowest BCUT2D eigenvalue weighted by Crippen LogP contribution is -2.05. The topological polar surface area (TPSA) is 20.2 Å². The molecular weight excluding hydrogens is 196 g/mol. The molecular formula is C15H20O. The van der Waals surface area contributed by atoms with Gasteiger partial charge in [-0.1, -0.05) is 49.2 Å². The molecule has 0 saturated carbocycles. The minimum Gasteiger partial charge on any atom is -0.388 e. The van der Waals surface area contributed by atoms with E-state index in [4.69, 9.17) is 0 Å². The van der Waals surface area contributed by atoms with E-state index < -0.39 is 0 Å². The summed E-state index contributed by atoms with van der Waals surface area (Å²) in [5.74, 6) is 0.579. The summed E-state index contributed by atoms with van der Waals surface area (Å²) in [4.78, 5) is 0. The van der Waals surface area contributed by atoms with Crippen molar-refractivity contribution >= 4 is 5.57 Å². The second-order valence-electron chi connectivity index (χ2n) is 4.70. The van der Waals surface area contributed by atoms with Crippen LogP contribution in [0.3, 0.4) is 0 Å². The molecule has 0 amide bonds. The van der Waals surface area contributed by atoms with Crippen LogP contribution in [0.1, 0.15) is 38.7 Å². The van der Waals surface area contributed by atoms with Gasteiger partial charge < -0.3 is 5.11 Å². The summed E-state index contributed by atoms with van der Waals surface area (Å²) in [6.07, 6.45) is 3.03. The van der Waals surface area contributed by atoms with Crippen molar-refractivity contribution in [3.8, 4) is 0 Å². The van der Waals surface area contributed by atoms with Gasteiger partial charge in [0.25, 0.3) is 0 Å². The molecule has 0 spiro atoms. The molecule has 1 heteroatoms. The summed E-state index contributed by atoms with van der Waals surface area (Å²) >= 11 is 0. The van der Waals surface area contributed by atoms with E-state index in [1.807, 2.05) is 18.2 Å². The Morgan fingerprint density at radius 1 is 1.25 bits per heavy atom. The zero-order valence-corrected chi connectivity index (χ0v) is 10.1. The van der Waals surface area contributed by atoms with Crippen LogP contribution in [-0.2, 0) is 0 Å². The van der Waals surface area contributed by atoms with E-state index in [-0.39, 0.29) is 6.10 Å². The largest absolute Gasteiger partial charge is 0.388 e. The van der Waals surface area contributed by atoms with Crippen molar-refractivity contribution in [3.05, 3.63) is 41.5 Å². The van der Waals surface area contributed by atoms with Crippen LogP contribution in [0.15, 0.2) is 35.9 Å². The van der Waals surface area contributed by atoms with E-state index >= 15 is 0 Å². The third-order valence-electron chi connectivity index (χ3n) is 3.60. The highest BCUT2D eigenvalue weighted by atomic mass is 16.3. The van der Waals surface area contributed by atoms with Gasteiger partial charge in [0.1, 0.15) is 0 Å². The van der Waals surface area contributed by atoms with Gasteiger partial charge in [-0.05, 0) is 36.8 Å². The lowest BCUT2D eigenvalue weighted by molar-refractivity contribution is 0.215. The first-order valence-corrected chi connectivity index (χ1v) is 6.18. The second kappa shape index (κ2) is 4.84. The first-order valence-electron chi connectivity index (χ1n) is 6.18. The third-order valence-corrected chi connectivity index (χ3v) is 3.60. The Hall–Kier alpha value is -1.08. The Morgan fingerprint density at radius 2 is 1.94 bits per heavy atom. The quantitative estimate of drug-likeness (QED) is 0.817. The third kappa shape index (κ3) is 2.05. The summed E-state index contributed by atoms with van der Waals surface area (Å²) in [7, 11) is 0. The maximum atomic E-state index is 10.2. The summed E-state index contributed by atoms with van der Waals surface area (Å²) in [5.41, 5.74) is 3.74. The van der Waals surface area contributed by atoms with Gasteiger partial charge in [-0.15, -0.1) is 0 Å². The monoisotopic (exact) mass is 216 g/mol. The smallest absolute Gasteiger partial charge is 0.0801 e. The normalized spacial score (nSPS) is 25.2. The molecule has 0 fully saturated rings. The molecule has 2 atom stereocenters. The van der Waals surface area contributed by atoms with E-state index in [1.165, 1.54) is 29.6 Å². The minimum absolute atomic E-state index is 0.265. The number of hydrogen-bond donors (Lipinski definition) is 1.